The SMILES string of the molecule is Cn1cccc1C(=O)NCc1cnc2n1CCN(C(=O)c1cccs1)C2. The van der Waals surface area contributed by atoms with Gasteiger partial charge in [0.1, 0.15) is 11.5 Å². The lowest BCUT2D eigenvalue weighted by Gasteiger charge is -2.28. The van der Waals surface area contributed by atoms with E-state index in [9.17, 15) is 9.59 Å². The van der Waals surface area contributed by atoms with Gasteiger partial charge in [-0.05, 0) is 23.6 Å². The molecule has 0 aliphatic carbocycles. The second-order valence-corrected chi connectivity index (χ2v) is 7.16. The minimum Gasteiger partial charge on any atom is -0.347 e. The molecule has 0 spiro atoms. The van der Waals surface area contributed by atoms with Crippen molar-refractivity contribution in [3.63, 3.8) is 0 Å². The predicted octanol–water partition coefficient (Wildman–Crippen LogP) is 1.87. The van der Waals surface area contributed by atoms with E-state index in [1.807, 2.05) is 41.7 Å². The summed E-state index contributed by atoms with van der Waals surface area (Å²) in [5, 5.41) is 4.84. The maximum absolute atomic E-state index is 12.5. The smallest absolute Gasteiger partial charge is 0.268 e. The molecule has 26 heavy (non-hydrogen) atoms. The molecule has 0 unspecified atom stereocenters. The van der Waals surface area contributed by atoms with Crippen LogP contribution in [0.25, 0.3) is 0 Å². The Morgan fingerprint density at radius 3 is 2.88 bits per heavy atom. The lowest BCUT2D eigenvalue weighted by molar-refractivity contribution is 0.0711. The first-order valence-corrected chi connectivity index (χ1v) is 9.27. The Morgan fingerprint density at radius 2 is 2.15 bits per heavy atom. The van der Waals surface area contributed by atoms with Crippen LogP contribution in [0.5, 0.6) is 0 Å². The van der Waals surface area contributed by atoms with Gasteiger partial charge in [0.2, 0.25) is 0 Å². The molecule has 1 aliphatic heterocycles. The zero-order chi connectivity index (χ0) is 18.1. The van der Waals surface area contributed by atoms with Gasteiger partial charge in [0.15, 0.2) is 0 Å². The molecule has 3 aromatic rings. The first kappa shape index (κ1) is 16.6. The summed E-state index contributed by atoms with van der Waals surface area (Å²) >= 11 is 1.45. The Morgan fingerprint density at radius 1 is 1.27 bits per heavy atom. The largest absolute Gasteiger partial charge is 0.347 e. The van der Waals surface area contributed by atoms with Gasteiger partial charge in [0.05, 0.1) is 29.9 Å². The van der Waals surface area contributed by atoms with Crippen LogP contribution in [-0.2, 0) is 26.7 Å². The number of rotatable bonds is 4. The Balaban J connectivity index is 1.42. The van der Waals surface area contributed by atoms with Crippen molar-refractivity contribution in [2.75, 3.05) is 6.54 Å². The number of amides is 2. The summed E-state index contributed by atoms with van der Waals surface area (Å²) in [6.07, 6.45) is 3.62. The van der Waals surface area contributed by atoms with Crippen molar-refractivity contribution >= 4 is 23.2 Å². The van der Waals surface area contributed by atoms with Gasteiger partial charge in [-0.3, -0.25) is 9.59 Å². The summed E-state index contributed by atoms with van der Waals surface area (Å²) in [6.45, 7) is 2.22. The molecule has 2 amide bonds. The molecule has 1 N–H and O–H groups in total. The fraction of sp³-hybridized carbons (Fsp3) is 0.278. The van der Waals surface area contributed by atoms with Gasteiger partial charge in [-0.1, -0.05) is 6.07 Å². The highest BCUT2D eigenvalue weighted by atomic mass is 32.1. The fourth-order valence-electron chi connectivity index (χ4n) is 3.15. The van der Waals surface area contributed by atoms with E-state index in [1.54, 1.807) is 16.8 Å². The molecule has 0 bridgehead atoms. The molecule has 1 aliphatic rings. The number of fused-ring (bicyclic) bond motifs is 1. The van der Waals surface area contributed by atoms with Crippen LogP contribution in [0.15, 0.2) is 42.0 Å². The zero-order valence-corrected chi connectivity index (χ0v) is 15.2. The van der Waals surface area contributed by atoms with Gasteiger partial charge in [-0.25, -0.2) is 4.98 Å². The molecule has 0 saturated heterocycles. The van der Waals surface area contributed by atoms with Gasteiger partial charge in [-0.2, -0.15) is 0 Å². The molecule has 0 fully saturated rings. The second kappa shape index (κ2) is 6.80. The first-order chi connectivity index (χ1) is 12.6. The van der Waals surface area contributed by atoms with E-state index in [-0.39, 0.29) is 11.8 Å². The van der Waals surface area contributed by atoms with Gasteiger partial charge in [0.25, 0.3) is 11.8 Å². The van der Waals surface area contributed by atoms with E-state index in [1.165, 1.54) is 11.3 Å². The normalized spacial score (nSPS) is 13.5. The van der Waals surface area contributed by atoms with Crippen LogP contribution in [0.3, 0.4) is 0 Å². The van der Waals surface area contributed by atoms with E-state index in [4.69, 9.17) is 0 Å². The molecule has 0 saturated carbocycles. The van der Waals surface area contributed by atoms with E-state index in [0.29, 0.717) is 31.9 Å². The molecule has 7 nitrogen and oxygen atoms in total. The summed E-state index contributed by atoms with van der Waals surface area (Å²) in [7, 11) is 1.84. The molecular formula is C18H19N5O2S. The predicted molar refractivity (Wildman–Crippen MR) is 97.9 cm³/mol. The Hall–Kier alpha value is -2.87. The third kappa shape index (κ3) is 3.03. The zero-order valence-electron chi connectivity index (χ0n) is 14.4. The minimum absolute atomic E-state index is 0.0489. The number of carbonyl (C=O) groups excluding carboxylic acids is 2. The van der Waals surface area contributed by atoms with Crippen LogP contribution >= 0.6 is 11.3 Å². The summed E-state index contributed by atoms with van der Waals surface area (Å²) in [5.41, 5.74) is 1.57. The van der Waals surface area contributed by atoms with Crippen molar-refractivity contribution in [2.24, 2.45) is 7.05 Å². The van der Waals surface area contributed by atoms with Gasteiger partial charge >= 0.3 is 0 Å². The highest BCUT2D eigenvalue weighted by Crippen LogP contribution is 2.19. The number of hydrogen-bond acceptors (Lipinski definition) is 4. The van der Waals surface area contributed by atoms with Crippen LogP contribution < -0.4 is 5.32 Å². The third-order valence-electron chi connectivity index (χ3n) is 4.57. The van der Waals surface area contributed by atoms with Crippen molar-refractivity contribution in [3.8, 4) is 0 Å². The highest BCUT2D eigenvalue weighted by molar-refractivity contribution is 7.12. The van der Waals surface area contributed by atoms with Crippen LogP contribution in [0.1, 0.15) is 31.7 Å². The summed E-state index contributed by atoms with van der Waals surface area (Å²) < 4.78 is 3.87. The average molecular weight is 369 g/mol. The summed E-state index contributed by atoms with van der Waals surface area (Å²) in [6, 6.07) is 7.36. The maximum atomic E-state index is 12.5. The van der Waals surface area contributed by atoms with Gasteiger partial charge < -0.3 is 19.4 Å². The van der Waals surface area contributed by atoms with Crippen LogP contribution in [0.2, 0.25) is 0 Å². The Bertz CT molecular complexity index is 941. The van der Waals surface area contributed by atoms with Crippen molar-refractivity contribution in [1.29, 1.82) is 0 Å². The van der Waals surface area contributed by atoms with E-state index in [2.05, 4.69) is 14.9 Å². The van der Waals surface area contributed by atoms with Crippen LogP contribution in [0, 0.1) is 0 Å². The minimum atomic E-state index is -0.113. The number of nitrogens with one attached hydrogen (secondary N) is 1. The van der Waals surface area contributed by atoms with Crippen molar-refractivity contribution in [3.05, 3.63) is 64.1 Å². The summed E-state index contributed by atoms with van der Waals surface area (Å²) in [5.74, 6) is 0.787. The van der Waals surface area contributed by atoms with Crippen molar-refractivity contribution in [1.82, 2.24) is 24.3 Å². The first-order valence-electron chi connectivity index (χ1n) is 8.39. The molecule has 8 heteroatoms. The standard InChI is InChI=1S/C18H19N5O2S/c1-21-6-2-4-14(21)17(24)20-11-13-10-19-16-12-22(7-8-23(13)16)18(25)15-5-3-9-26-15/h2-6,9-10H,7-8,11-12H2,1H3,(H,20,24). The fourth-order valence-corrected chi connectivity index (χ4v) is 3.84. The number of carbonyl (C=O) groups is 2. The van der Waals surface area contributed by atoms with Crippen LogP contribution in [-0.4, -0.2) is 37.4 Å². The van der Waals surface area contributed by atoms with E-state index >= 15 is 0 Å². The average Bonchev–Trinajstić information content (AvgIpc) is 3.39. The highest BCUT2D eigenvalue weighted by Gasteiger charge is 2.24. The number of hydrogen-bond donors (Lipinski definition) is 1. The number of aryl methyl sites for hydroxylation is 1. The number of imidazole rings is 1. The monoisotopic (exact) mass is 369 g/mol. The molecule has 3 aromatic heterocycles. The topological polar surface area (TPSA) is 72.2 Å². The molecule has 134 valence electrons. The quantitative estimate of drug-likeness (QED) is 0.763. The number of thiophene rings is 1. The lowest BCUT2D eigenvalue weighted by Crippen LogP contribution is -2.39. The van der Waals surface area contributed by atoms with Gasteiger partial charge in [0, 0.05) is 26.3 Å². The Labute approximate surface area is 154 Å². The molecule has 0 aromatic carbocycles. The summed E-state index contributed by atoms with van der Waals surface area (Å²) in [4.78, 5) is 31.8. The van der Waals surface area contributed by atoms with Crippen molar-refractivity contribution < 1.29 is 9.59 Å². The van der Waals surface area contributed by atoms with E-state index < -0.39 is 0 Å². The maximum Gasteiger partial charge on any atom is 0.268 e. The number of aromatic nitrogens is 3. The molecule has 0 atom stereocenters. The molecule has 4 rings (SSSR count). The third-order valence-corrected chi connectivity index (χ3v) is 5.43. The van der Waals surface area contributed by atoms with Gasteiger partial charge in [-0.15, -0.1) is 11.3 Å². The second-order valence-electron chi connectivity index (χ2n) is 6.21. The van der Waals surface area contributed by atoms with Crippen molar-refractivity contribution in [2.45, 2.75) is 19.6 Å². The molecule has 4 heterocycles. The number of nitrogens with zero attached hydrogens (tertiary/aromatic N) is 4. The van der Waals surface area contributed by atoms with E-state index in [0.717, 1.165) is 16.4 Å². The molecule has 0 radical (unpaired) electrons. The molecular weight excluding hydrogens is 350 g/mol. The van der Waals surface area contributed by atoms with Crippen LogP contribution in [0.4, 0.5) is 0 Å². The lowest BCUT2D eigenvalue weighted by atomic mass is 10.3. The Kier molecular flexibility index (Phi) is 4.34.